The zero-order chi connectivity index (χ0) is 15.4. The Hall–Kier alpha value is -2.19. The van der Waals surface area contributed by atoms with Gasteiger partial charge in [0.1, 0.15) is 0 Å². The fraction of sp³-hybridized carbons (Fsp3) is 0.357. The average Bonchev–Trinajstić information content (AvgIpc) is 3.03. The van der Waals surface area contributed by atoms with E-state index in [0.717, 1.165) is 48.4 Å². The van der Waals surface area contributed by atoms with Crippen LogP contribution < -0.4 is 4.90 Å². The molecule has 0 radical (unpaired) electrons. The van der Waals surface area contributed by atoms with Crippen LogP contribution in [0.15, 0.2) is 33.4 Å². The summed E-state index contributed by atoms with van der Waals surface area (Å²) in [6.07, 6.45) is 0. The lowest BCUT2D eigenvalue weighted by atomic mass is 10.2. The van der Waals surface area contributed by atoms with Crippen molar-refractivity contribution >= 4 is 39.7 Å². The van der Waals surface area contributed by atoms with Crippen molar-refractivity contribution in [2.24, 2.45) is 15.2 Å². The van der Waals surface area contributed by atoms with E-state index in [-0.39, 0.29) is 0 Å². The molecule has 0 amide bonds. The van der Waals surface area contributed by atoms with Gasteiger partial charge in [0.15, 0.2) is 0 Å². The molecule has 0 N–H and O–H groups in total. The molecule has 1 aliphatic heterocycles. The predicted molar refractivity (Wildman–Crippen MR) is 87.5 cm³/mol. The van der Waals surface area contributed by atoms with Crippen LogP contribution in [0.4, 0.5) is 21.6 Å². The summed E-state index contributed by atoms with van der Waals surface area (Å²) in [4.78, 5) is 6.04. The smallest absolute Gasteiger partial charge is 0.253 e. The Labute approximate surface area is 132 Å². The van der Waals surface area contributed by atoms with Crippen LogP contribution in [-0.4, -0.2) is 43.2 Å². The third-order valence-corrected chi connectivity index (χ3v) is 4.16. The van der Waals surface area contributed by atoms with Crippen molar-refractivity contribution in [3.8, 4) is 0 Å². The van der Waals surface area contributed by atoms with Gasteiger partial charge in [-0.1, -0.05) is 11.3 Å². The Morgan fingerprint density at radius 3 is 2.77 bits per heavy atom. The van der Waals surface area contributed by atoms with Crippen LogP contribution >= 0.6 is 11.3 Å². The lowest BCUT2D eigenvalue weighted by Gasteiger charge is -2.25. The minimum atomic E-state index is 0.548. The van der Waals surface area contributed by atoms with Crippen molar-refractivity contribution in [1.82, 2.24) is 10.2 Å². The number of benzene rings is 1. The summed E-state index contributed by atoms with van der Waals surface area (Å²) in [7, 11) is 0. The number of ether oxygens (including phenoxy) is 1. The Morgan fingerprint density at radius 1 is 1.23 bits per heavy atom. The number of aromatic nitrogens is 2. The highest BCUT2D eigenvalue weighted by Crippen LogP contribution is 2.30. The van der Waals surface area contributed by atoms with Gasteiger partial charge in [0, 0.05) is 13.1 Å². The minimum Gasteiger partial charge on any atom is -0.378 e. The normalized spacial score (nSPS) is 15.4. The first kappa shape index (κ1) is 14.7. The summed E-state index contributed by atoms with van der Waals surface area (Å²) in [6.45, 7) is 8.58. The number of hydrogen-bond acceptors (Lipinski definition) is 8. The van der Waals surface area contributed by atoms with Crippen LogP contribution in [0.25, 0.3) is 0 Å². The minimum absolute atomic E-state index is 0.548. The molecule has 0 spiro atoms. The van der Waals surface area contributed by atoms with Gasteiger partial charge in [0.25, 0.3) is 5.13 Å². The van der Waals surface area contributed by atoms with Crippen LogP contribution in [0.3, 0.4) is 0 Å². The zero-order valence-corrected chi connectivity index (χ0v) is 13.1. The van der Waals surface area contributed by atoms with E-state index in [4.69, 9.17) is 4.74 Å². The van der Waals surface area contributed by atoms with Gasteiger partial charge in [-0.15, -0.1) is 20.4 Å². The van der Waals surface area contributed by atoms with Crippen LogP contribution in [0.1, 0.15) is 5.56 Å². The number of aryl methyl sites for hydroxylation is 1. The highest BCUT2D eigenvalue weighted by molar-refractivity contribution is 7.18. The highest BCUT2D eigenvalue weighted by atomic mass is 32.1. The van der Waals surface area contributed by atoms with E-state index in [1.54, 1.807) is 0 Å². The monoisotopic (exact) mass is 316 g/mol. The number of nitrogens with zero attached hydrogens (tertiary/aromatic N) is 6. The topological polar surface area (TPSA) is 75.3 Å². The first-order chi connectivity index (χ1) is 10.8. The van der Waals surface area contributed by atoms with Gasteiger partial charge in [0.2, 0.25) is 5.13 Å². The Balaban J connectivity index is 1.72. The van der Waals surface area contributed by atoms with Crippen LogP contribution in [0, 0.1) is 6.92 Å². The molecule has 1 aromatic heterocycles. The molecule has 22 heavy (non-hydrogen) atoms. The molecule has 2 heterocycles. The largest absolute Gasteiger partial charge is 0.378 e. The van der Waals surface area contributed by atoms with Crippen LogP contribution in [0.2, 0.25) is 0 Å². The van der Waals surface area contributed by atoms with E-state index in [0.29, 0.717) is 5.13 Å². The van der Waals surface area contributed by atoms with Crippen molar-refractivity contribution in [2.75, 3.05) is 31.2 Å². The number of aliphatic imine (C=N–C) groups is 1. The van der Waals surface area contributed by atoms with Gasteiger partial charge in [-0.05, 0) is 37.4 Å². The Morgan fingerprint density at radius 2 is 2.05 bits per heavy atom. The second-order valence-corrected chi connectivity index (χ2v) is 5.73. The molecule has 0 atom stereocenters. The fourth-order valence-electron chi connectivity index (χ4n) is 2.08. The molecule has 7 nitrogen and oxygen atoms in total. The maximum absolute atomic E-state index is 5.33. The maximum atomic E-state index is 5.33. The number of anilines is 1. The molecule has 0 unspecified atom stereocenters. The summed E-state index contributed by atoms with van der Waals surface area (Å²) in [6, 6.07) is 5.64. The average molecular weight is 316 g/mol. The van der Waals surface area contributed by atoms with Crippen LogP contribution in [0.5, 0.6) is 0 Å². The molecule has 0 aliphatic carbocycles. The molecule has 1 saturated heterocycles. The molecule has 1 fully saturated rings. The molecule has 2 aromatic rings. The van der Waals surface area contributed by atoms with E-state index in [1.807, 2.05) is 25.1 Å². The van der Waals surface area contributed by atoms with Crippen LogP contribution in [-0.2, 0) is 4.74 Å². The molecular weight excluding hydrogens is 300 g/mol. The number of hydrogen-bond donors (Lipinski definition) is 0. The van der Waals surface area contributed by atoms with E-state index < -0.39 is 0 Å². The first-order valence-corrected chi connectivity index (χ1v) is 7.73. The summed E-state index contributed by atoms with van der Waals surface area (Å²) in [5.41, 5.74) is 2.60. The molecule has 3 rings (SSSR count). The molecule has 0 bridgehead atoms. The number of azo groups is 1. The third-order valence-electron chi connectivity index (χ3n) is 3.29. The van der Waals surface area contributed by atoms with E-state index in [1.165, 1.54) is 11.3 Å². The van der Waals surface area contributed by atoms with Gasteiger partial charge in [0.05, 0.1) is 24.6 Å². The first-order valence-electron chi connectivity index (χ1n) is 6.91. The van der Waals surface area contributed by atoms with Crippen molar-refractivity contribution in [1.29, 1.82) is 0 Å². The zero-order valence-electron chi connectivity index (χ0n) is 12.3. The third kappa shape index (κ3) is 3.34. The van der Waals surface area contributed by atoms with E-state index in [9.17, 15) is 0 Å². The van der Waals surface area contributed by atoms with Gasteiger partial charge >= 0.3 is 0 Å². The van der Waals surface area contributed by atoms with Crippen molar-refractivity contribution < 1.29 is 4.74 Å². The lowest BCUT2D eigenvalue weighted by molar-refractivity contribution is 0.122. The molecule has 1 aromatic carbocycles. The van der Waals surface area contributed by atoms with E-state index >= 15 is 0 Å². The SMILES string of the molecule is C=Nc1ccc(N=Nc2nnc(N3CCOCC3)s2)c(C)c1. The fourth-order valence-corrected chi connectivity index (χ4v) is 2.80. The maximum Gasteiger partial charge on any atom is 0.253 e. The predicted octanol–water partition coefficient (Wildman–Crippen LogP) is 3.43. The number of morpholine rings is 1. The van der Waals surface area contributed by atoms with E-state index in [2.05, 4.69) is 37.0 Å². The van der Waals surface area contributed by atoms with Gasteiger partial charge in [-0.25, -0.2) is 0 Å². The van der Waals surface area contributed by atoms with Gasteiger partial charge in [-0.2, -0.15) is 0 Å². The molecule has 0 saturated carbocycles. The van der Waals surface area contributed by atoms with Gasteiger partial charge < -0.3 is 9.64 Å². The number of rotatable bonds is 4. The highest BCUT2D eigenvalue weighted by Gasteiger charge is 2.15. The summed E-state index contributed by atoms with van der Waals surface area (Å²) in [5, 5.41) is 18.1. The molecule has 8 heteroatoms. The quantitative estimate of drug-likeness (QED) is 0.639. The second-order valence-electron chi connectivity index (χ2n) is 4.80. The Bertz CT molecular complexity index is 692. The molecule has 1 aliphatic rings. The summed E-state index contributed by atoms with van der Waals surface area (Å²) >= 11 is 1.43. The van der Waals surface area contributed by atoms with Crippen molar-refractivity contribution in [2.45, 2.75) is 6.92 Å². The van der Waals surface area contributed by atoms with Crippen molar-refractivity contribution in [3.63, 3.8) is 0 Å². The second kappa shape index (κ2) is 6.71. The lowest BCUT2D eigenvalue weighted by Crippen LogP contribution is -2.36. The molecule has 114 valence electrons. The molecular formula is C14H16N6OS. The van der Waals surface area contributed by atoms with Crippen molar-refractivity contribution in [3.05, 3.63) is 23.8 Å². The Kier molecular flexibility index (Phi) is 4.50. The standard InChI is InChI=1S/C14H16N6OS/c1-10-9-11(15-2)3-4-12(10)16-17-13-18-19-14(22-13)20-5-7-21-8-6-20/h3-4,9H,2,5-8H2,1H3. The summed E-state index contributed by atoms with van der Waals surface area (Å²) < 4.78 is 5.33. The summed E-state index contributed by atoms with van der Waals surface area (Å²) in [5.74, 6) is 0. The van der Waals surface area contributed by atoms with Gasteiger partial charge in [-0.3, -0.25) is 4.99 Å².